The van der Waals surface area contributed by atoms with Gasteiger partial charge in [-0.2, -0.15) is 0 Å². The van der Waals surface area contributed by atoms with Gasteiger partial charge in [-0.25, -0.2) is 4.39 Å². The molecular weight excluding hydrogens is 257 g/mol. The van der Waals surface area contributed by atoms with Crippen molar-refractivity contribution in [1.82, 2.24) is 4.90 Å². The SMILES string of the molecule is N/C(=N/O)C1CCCN1Cc1cccc(F)c1Cl. The molecule has 1 aromatic carbocycles. The van der Waals surface area contributed by atoms with E-state index in [-0.39, 0.29) is 16.9 Å². The standard InChI is InChI=1S/C12H15ClFN3O/c13-11-8(3-1-4-9(11)14)7-17-6-2-5-10(17)12(15)16-18/h1,3-4,10,18H,2,5-7H2,(H2,15,16). The van der Waals surface area contributed by atoms with Gasteiger partial charge in [-0.15, -0.1) is 0 Å². The van der Waals surface area contributed by atoms with Crippen LogP contribution in [0.2, 0.25) is 5.02 Å². The molecule has 1 unspecified atom stereocenters. The van der Waals surface area contributed by atoms with Crippen LogP contribution >= 0.6 is 11.6 Å². The molecule has 0 spiro atoms. The third-order valence-corrected chi connectivity index (χ3v) is 3.65. The number of benzene rings is 1. The van der Waals surface area contributed by atoms with E-state index in [1.165, 1.54) is 6.07 Å². The van der Waals surface area contributed by atoms with Crippen molar-refractivity contribution in [2.45, 2.75) is 25.4 Å². The summed E-state index contributed by atoms with van der Waals surface area (Å²) >= 11 is 5.92. The second-order valence-electron chi connectivity index (χ2n) is 4.37. The summed E-state index contributed by atoms with van der Waals surface area (Å²) < 4.78 is 13.3. The first-order chi connectivity index (χ1) is 8.63. The maximum atomic E-state index is 13.3. The molecule has 1 heterocycles. The highest BCUT2D eigenvalue weighted by molar-refractivity contribution is 6.31. The summed E-state index contributed by atoms with van der Waals surface area (Å²) in [5.74, 6) is -0.228. The van der Waals surface area contributed by atoms with Gasteiger partial charge in [-0.1, -0.05) is 28.9 Å². The van der Waals surface area contributed by atoms with Gasteiger partial charge in [0.2, 0.25) is 0 Å². The third kappa shape index (κ3) is 2.57. The highest BCUT2D eigenvalue weighted by Crippen LogP contribution is 2.25. The van der Waals surface area contributed by atoms with E-state index in [1.54, 1.807) is 12.1 Å². The van der Waals surface area contributed by atoms with E-state index < -0.39 is 5.82 Å². The predicted molar refractivity (Wildman–Crippen MR) is 68.3 cm³/mol. The zero-order valence-corrected chi connectivity index (χ0v) is 10.6. The number of amidine groups is 1. The largest absolute Gasteiger partial charge is 0.409 e. The van der Waals surface area contributed by atoms with Gasteiger partial charge < -0.3 is 10.9 Å². The quantitative estimate of drug-likeness (QED) is 0.383. The van der Waals surface area contributed by atoms with Gasteiger partial charge in [0, 0.05) is 6.54 Å². The lowest BCUT2D eigenvalue weighted by Crippen LogP contribution is -2.40. The van der Waals surface area contributed by atoms with Crippen molar-refractivity contribution in [2.24, 2.45) is 10.9 Å². The molecular formula is C12H15ClFN3O. The van der Waals surface area contributed by atoms with E-state index >= 15 is 0 Å². The number of hydrogen-bond donors (Lipinski definition) is 2. The first-order valence-corrected chi connectivity index (χ1v) is 6.15. The molecule has 0 aromatic heterocycles. The Hall–Kier alpha value is -1.33. The summed E-state index contributed by atoms with van der Waals surface area (Å²) in [7, 11) is 0. The summed E-state index contributed by atoms with van der Waals surface area (Å²) in [6.45, 7) is 1.32. The van der Waals surface area contributed by atoms with Crippen LogP contribution in [0, 0.1) is 5.82 Å². The Morgan fingerprint density at radius 2 is 2.39 bits per heavy atom. The van der Waals surface area contributed by atoms with Crippen LogP contribution in [0.3, 0.4) is 0 Å². The molecule has 1 aliphatic rings. The van der Waals surface area contributed by atoms with Gasteiger partial charge >= 0.3 is 0 Å². The number of nitrogens with two attached hydrogens (primary N) is 1. The number of nitrogens with zero attached hydrogens (tertiary/aromatic N) is 2. The molecule has 1 aromatic rings. The Bertz CT molecular complexity index is 467. The minimum absolute atomic E-state index is 0.102. The Kier molecular flexibility index (Phi) is 4.04. The van der Waals surface area contributed by atoms with Crippen LogP contribution in [0.4, 0.5) is 4.39 Å². The average Bonchev–Trinajstić information content (AvgIpc) is 2.82. The number of rotatable bonds is 3. The fourth-order valence-electron chi connectivity index (χ4n) is 2.31. The smallest absolute Gasteiger partial charge is 0.156 e. The fourth-order valence-corrected chi connectivity index (χ4v) is 2.49. The van der Waals surface area contributed by atoms with Gasteiger partial charge in [0.05, 0.1) is 11.1 Å². The minimum Gasteiger partial charge on any atom is -0.409 e. The fraction of sp³-hybridized carbons (Fsp3) is 0.417. The summed E-state index contributed by atoms with van der Waals surface area (Å²) in [6, 6.07) is 4.64. The molecule has 0 saturated carbocycles. The maximum absolute atomic E-state index is 13.3. The minimum atomic E-state index is -0.422. The van der Waals surface area contributed by atoms with E-state index in [0.29, 0.717) is 12.1 Å². The molecule has 2 rings (SSSR count). The molecule has 3 N–H and O–H groups in total. The van der Waals surface area contributed by atoms with E-state index in [1.807, 2.05) is 4.90 Å². The van der Waals surface area contributed by atoms with Crippen LogP contribution in [-0.2, 0) is 6.54 Å². The Balaban J connectivity index is 2.16. The van der Waals surface area contributed by atoms with Gasteiger partial charge in [0.1, 0.15) is 5.82 Å². The van der Waals surface area contributed by atoms with Gasteiger partial charge in [-0.05, 0) is 31.0 Å². The average molecular weight is 272 g/mol. The number of halogens is 2. The Morgan fingerprint density at radius 3 is 3.11 bits per heavy atom. The molecule has 1 saturated heterocycles. The van der Waals surface area contributed by atoms with Crippen molar-refractivity contribution in [3.05, 3.63) is 34.6 Å². The van der Waals surface area contributed by atoms with Crippen molar-refractivity contribution < 1.29 is 9.60 Å². The zero-order chi connectivity index (χ0) is 13.1. The normalized spacial score (nSPS) is 21.4. The van der Waals surface area contributed by atoms with Crippen LogP contribution in [0.25, 0.3) is 0 Å². The Morgan fingerprint density at radius 1 is 1.61 bits per heavy atom. The van der Waals surface area contributed by atoms with Crippen molar-refractivity contribution in [3.63, 3.8) is 0 Å². The molecule has 0 aliphatic carbocycles. The highest BCUT2D eigenvalue weighted by atomic mass is 35.5. The first kappa shape index (κ1) is 13.1. The number of likely N-dealkylation sites (tertiary alicyclic amines) is 1. The second-order valence-corrected chi connectivity index (χ2v) is 4.74. The summed E-state index contributed by atoms with van der Waals surface area (Å²) in [4.78, 5) is 2.04. The molecule has 1 aliphatic heterocycles. The predicted octanol–water partition coefficient (Wildman–Crippen LogP) is 2.19. The summed E-state index contributed by atoms with van der Waals surface area (Å²) in [5.41, 5.74) is 6.36. The first-order valence-electron chi connectivity index (χ1n) is 5.78. The molecule has 1 atom stereocenters. The lowest BCUT2D eigenvalue weighted by Gasteiger charge is -2.23. The van der Waals surface area contributed by atoms with Crippen LogP contribution < -0.4 is 5.73 Å². The molecule has 4 nitrogen and oxygen atoms in total. The third-order valence-electron chi connectivity index (χ3n) is 3.23. The maximum Gasteiger partial charge on any atom is 0.156 e. The lowest BCUT2D eigenvalue weighted by molar-refractivity contribution is 0.274. The molecule has 0 bridgehead atoms. The monoisotopic (exact) mass is 271 g/mol. The topological polar surface area (TPSA) is 61.9 Å². The van der Waals surface area contributed by atoms with E-state index in [4.69, 9.17) is 22.5 Å². The molecule has 0 radical (unpaired) electrons. The molecule has 98 valence electrons. The second kappa shape index (κ2) is 5.54. The van der Waals surface area contributed by atoms with Crippen LogP contribution in [0.1, 0.15) is 18.4 Å². The van der Waals surface area contributed by atoms with Crippen molar-refractivity contribution in [1.29, 1.82) is 0 Å². The van der Waals surface area contributed by atoms with Crippen LogP contribution in [0.5, 0.6) is 0 Å². The molecule has 1 fully saturated rings. The van der Waals surface area contributed by atoms with Crippen molar-refractivity contribution in [3.8, 4) is 0 Å². The summed E-state index contributed by atoms with van der Waals surface area (Å²) in [6.07, 6.45) is 1.80. The number of hydrogen-bond acceptors (Lipinski definition) is 3. The molecule has 0 amide bonds. The summed E-state index contributed by atoms with van der Waals surface area (Å²) in [5, 5.41) is 11.9. The van der Waals surface area contributed by atoms with Gasteiger partial charge in [0.15, 0.2) is 5.84 Å². The molecule has 6 heteroatoms. The molecule has 18 heavy (non-hydrogen) atoms. The lowest BCUT2D eigenvalue weighted by atomic mass is 10.1. The van der Waals surface area contributed by atoms with Crippen LogP contribution in [-0.4, -0.2) is 28.5 Å². The van der Waals surface area contributed by atoms with Crippen LogP contribution in [0.15, 0.2) is 23.4 Å². The van der Waals surface area contributed by atoms with E-state index in [9.17, 15) is 4.39 Å². The van der Waals surface area contributed by atoms with E-state index in [0.717, 1.165) is 19.4 Å². The van der Waals surface area contributed by atoms with Gasteiger partial charge in [-0.3, -0.25) is 4.90 Å². The van der Waals surface area contributed by atoms with Gasteiger partial charge in [0.25, 0.3) is 0 Å². The van der Waals surface area contributed by atoms with Crippen molar-refractivity contribution in [2.75, 3.05) is 6.54 Å². The van der Waals surface area contributed by atoms with E-state index in [2.05, 4.69) is 5.16 Å². The Labute approximate surface area is 110 Å². The highest BCUT2D eigenvalue weighted by Gasteiger charge is 2.28. The van der Waals surface area contributed by atoms with Crippen molar-refractivity contribution >= 4 is 17.4 Å². The number of oxime groups is 1. The zero-order valence-electron chi connectivity index (χ0n) is 9.81.